The van der Waals surface area contributed by atoms with Gasteiger partial charge in [0.2, 0.25) is 0 Å². The first kappa shape index (κ1) is 11.8. The molecule has 0 amide bonds. The van der Waals surface area contributed by atoms with Crippen molar-refractivity contribution in [3.8, 4) is 0 Å². The molecule has 0 unspecified atom stereocenters. The molecule has 1 N–H and O–H groups in total. The molecule has 14 heavy (non-hydrogen) atoms. The van der Waals surface area contributed by atoms with Gasteiger partial charge in [-0.05, 0) is 28.1 Å². The van der Waals surface area contributed by atoms with E-state index in [0.29, 0.717) is 4.60 Å². The lowest BCUT2D eigenvalue weighted by atomic mass is 10.4. The highest BCUT2D eigenvalue weighted by Crippen LogP contribution is 2.09. The summed E-state index contributed by atoms with van der Waals surface area (Å²) in [4.78, 5) is 10.2. The first-order valence-electron chi connectivity index (χ1n) is 3.73. The molecule has 76 valence electrons. The van der Waals surface area contributed by atoms with Crippen molar-refractivity contribution in [3.63, 3.8) is 0 Å². The Kier molecular flexibility index (Phi) is 4.16. The van der Waals surface area contributed by atoms with Crippen molar-refractivity contribution in [1.29, 1.82) is 5.41 Å². The van der Waals surface area contributed by atoms with Crippen LogP contribution < -0.4 is 5.49 Å². The molecule has 1 heterocycles. The van der Waals surface area contributed by atoms with E-state index in [4.69, 9.17) is 28.6 Å². The van der Waals surface area contributed by atoms with Gasteiger partial charge in [-0.2, -0.15) is 0 Å². The molecule has 1 rings (SSSR count). The molecule has 3 nitrogen and oxygen atoms in total. The number of aromatic nitrogens is 1. The maximum Gasteiger partial charge on any atom is 0.185 e. The molecule has 0 saturated heterocycles. The van der Waals surface area contributed by atoms with Crippen molar-refractivity contribution in [2.24, 2.45) is 0 Å². The van der Waals surface area contributed by atoms with Gasteiger partial charge in [0.25, 0.3) is 0 Å². The lowest BCUT2D eigenvalue weighted by Crippen LogP contribution is -2.26. The van der Waals surface area contributed by atoms with Gasteiger partial charge in [-0.1, -0.05) is 29.3 Å². The predicted octanol–water partition coefficient (Wildman–Crippen LogP) is 2.10. The van der Waals surface area contributed by atoms with Gasteiger partial charge in [0.15, 0.2) is 10.6 Å². The van der Waals surface area contributed by atoms with Gasteiger partial charge < -0.3 is 4.57 Å². The third-order valence-electron chi connectivity index (χ3n) is 1.59. The van der Waals surface area contributed by atoms with Crippen LogP contribution in [-0.4, -0.2) is 15.2 Å². The molecule has 0 aliphatic carbocycles. The van der Waals surface area contributed by atoms with Crippen molar-refractivity contribution in [1.82, 2.24) is 4.57 Å². The SMILES string of the molecule is N=c1cccc(Br)n1CC(=O)C(Cl)Cl. The largest absolute Gasteiger partial charge is 0.313 e. The zero-order valence-electron chi connectivity index (χ0n) is 7.01. The number of hydrogen-bond acceptors (Lipinski definition) is 2. The van der Waals surface area contributed by atoms with E-state index < -0.39 is 4.84 Å². The Morgan fingerprint density at radius 2 is 2.21 bits per heavy atom. The Bertz CT molecular complexity index is 403. The second-order valence-electron chi connectivity index (χ2n) is 2.59. The topological polar surface area (TPSA) is 45.9 Å². The summed E-state index contributed by atoms with van der Waals surface area (Å²) in [6.45, 7) is -0.00206. The van der Waals surface area contributed by atoms with E-state index >= 15 is 0 Å². The maximum absolute atomic E-state index is 11.2. The van der Waals surface area contributed by atoms with E-state index in [9.17, 15) is 4.79 Å². The number of nitrogens with zero attached hydrogens (tertiary/aromatic N) is 1. The van der Waals surface area contributed by atoms with Crippen LogP contribution in [0.2, 0.25) is 0 Å². The molecule has 0 aliphatic rings. The van der Waals surface area contributed by atoms with Crippen LogP contribution in [0.5, 0.6) is 0 Å². The number of pyridine rings is 1. The van der Waals surface area contributed by atoms with Crippen molar-refractivity contribution < 1.29 is 4.79 Å². The molecule has 0 aliphatic heterocycles. The molecule has 0 spiro atoms. The standard InChI is InChI=1S/C8H7BrCl2N2O/c9-6-2-1-3-7(12)13(6)4-5(14)8(10)11/h1-3,8,12H,4H2. The molecule has 0 fully saturated rings. The van der Waals surface area contributed by atoms with E-state index in [1.54, 1.807) is 18.2 Å². The summed E-state index contributed by atoms with van der Waals surface area (Å²) in [7, 11) is 0. The minimum absolute atomic E-state index is 0.00206. The number of ketones is 1. The normalized spacial score (nSPS) is 10.6. The lowest BCUT2D eigenvalue weighted by Gasteiger charge is -2.08. The summed E-state index contributed by atoms with van der Waals surface area (Å²) in [5, 5.41) is 7.54. The minimum Gasteiger partial charge on any atom is -0.313 e. The van der Waals surface area contributed by atoms with E-state index in [1.807, 2.05) is 0 Å². The van der Waals surface area contributed by atoms with Crippen molar-refractivity contribution in [2.45, 2.75) is 11.4 Å². The van der Waals surface area contributed by atoms with Crippen LogP contribution in [0.1, 0.15) is 0 Å². The second kappa shape index (κ2) is 4.96. The quantitative estimate of drug-likeness (QED) is 0.674. The zero-order chi connectivity index (χ0) is 10.7. The summed E-state index contributed by atoms with van der Waals surface area (Å²) < 4.78 is 2.12. The number of nitrogens with one attached hydrogen (secondary N) is 1. The van der Waals surface area contributed by atoms with Gasteiger partial charge in [-0.25, -0.2) is 0 Å². The minimum atomic E-state index is -1.05. The number of halogens is 3. The Morgan fingerprint density at radius 3 is 2.71 bits per heavy atom. The summed E-state index contributed by atoms with van der Waals surface area (Å²) in [6, 6.07) is 5.03. The molecule has 0 radical (unpaired) electrons. The number of Topliss-reactive ketones (excluding diaryl/α,β-unsaturated/α-hetero) is 1. The fourth-order valence-corrected chi connectivity index (χ4v) is 1.51. The molecule has 1 aromatic rings. The van der Waals surface area contributed by atoms with Crippen molar-refractivity contribution in [2.75, 3.05) is 0 Å². The first-order valence-corrected chi connectivity index (χ1v) is 5.40. The zero-order valence-corrected chi connectivity index (χ0v) is 10.1. The molecular formula is C8H7BrCl2N2O. The fourth-order valence-electron chi connectivity index (χ4n) is 0.899. The lowest BCUT2D eigenvalue weighted by molar-refractivity contribution is -0.118. The average Bonchev–Trinajstić information content (AvgIpc) is 2.11. The van der Waals surface area contributed by atoms with E-state index in [1.165, 1.54) is 4.57 Å². The molecule has 0 bridgehead atoms. The Labute approximate surface area is 99.3 Å². The summed E-state index contributed by atoms with van der Waals surface area (Å²) in [5.41, 5.74) is 0.224. The van der Waals surface area contributed by atoms with Gasteiger partial charge >= 0.3 is 0 Å². The summed E-state index contributed by atoms with van der Waals surface area (Å²) in [6.07, 6.45) is 0. The average molecular weight is 298 g/mol. The Morgan fingerprint density at radius 1 is 1.57 bits per heavy atom. The van der Waals surface area contributed by atoms with Crippen LogP contribution in [-0.2, 0) is 11.3 Å². The van der Waals surface area contributed by atoms with Gasteiger partial charge in [-0.3, -0.25) is 10.2 Å². The summed E-state index contributed by atoms with van der Waals surface area (Å²) >= 11 is 14.0. The van der Waals surface area contributed by atoms with Crippen LogP contribution in [0.25, 0.3) is 0 Å². The summed E-state index contributed by atoms with van der Waals surface area (Å²) in [5.74, 6) is -0.335. The second-order valence-corrected chi connectivity index (χ2v) is 4.50. The maximum atomic E-state index is 11.2. The number of carbonyl (C=O) groups excluding carboxylic acids is 1. The smallest absolute Gasteiger partial charge is 0.185 e. The molecule has 1 aromatic heterocycles. The monoisotopic (exact) mass is 296 g/mol. The number of carbonyl (C=O) groups is 1. The van der Waals surface area contributed by atoms with Crippen molar-refractivity contribution in [3.05, 3.63) is 28.3 Å². The molecule has 6 heteroatoms. The number of hydrogen-bond donors (Lipinski definition) is 1. The van der Waals surface area contributed by atoms with Crippen molar-refractivity contribution >= 4 is 44.9 Å². The predicted molar refractivity (Wildman–Crippen MR) is 58.5 cm³/mol. The Balaban J connectivity index is 2.97. The van der Waals surface area contributed by atoms with Crippen LogP contribution in [0.15, 0.2) is 22.8 Å². The van der Waals surface area contributed by atoms with E-state index in [2.05, 4.69) is 15.9 Å². The number of alkyl halides is 2. The third-order valence-corrected chi connectivity index (χ3v) is 2.77. The Hall–Kier alpha value is -0.320. The highest BCUT2D eigenvalue weighted by molar-refractivity contribution is 9.10. The van der Waals surface area contributed by atoms with Gasteiger partial charge in [0, 0.05) is 0 Å². The van der Waals surface area contributed by atoms with Crippen LogP contribution in [0.4, 0.5) is 0 Å². The van der Waals surface area contributed by atoms with E-state index in [0.717, 1.165) is 0 Å². The number of rotatable bonds is 3. The highest BCUT2D eigenvalue weighted by atomic mass is 79.9. The van der Waals surface area contributed by atoms with Gasteiger partial charge in [-0.15, -0.1) is 0 Å². The fraction of sp³-hybridized carbons (Fsp3) is 0.250. The molecule has 0 atom stereocenters. The van der Waals surface area contributed by atoms with Gasteiger partial charge in [0.1, 0.15) is 5.49 Å². The van der Waals surface area contributed by atoms with Gasteiger partial charge in [0.05, 0.1) is 11.1 Å². The van der Waals surface area contributed by atoms with Crippen LogP contribution in [0.3, 0.4) is 0 Å². The first-order chi connectivity index (χ1) is 6.52. The van der Waals surface area contributed by atoms with E-state index in [-0.39, 0.29) is 17.8 Å². The third kappa shape index (κ3) is 2.83. The molecular weight excluding hydrogens is 291 g/mol. The molecule has 0 aromatic carbocycles. The molecule has 0 saturated carbocycles. The van der Waals surface area contributed by atoms with Crippen LogP contribution in [0, 0.1) is 5.41 Å². The van der Waals surface area contributed by atoms with Crippen LogP contribution >= 0.6 is 39.1 Å². The highest BCUT2D eigenvalue weighted by Gasteiger charge is 2.13.